The third-order valence-corrected chi connectivity index (χ3v) is 1.89. The third-order valence-electron chi connectivity index (χ3n) is 1.03. The predicted molar refractivity (Wildman–Crippen MR) is 40.9 cm³/mol. The molecule has 0 amide bonds. The first-order valence-electron chi connectivity index (χ1n) is 2.48. The van der Waals surface area contributed by atoms with E-state index in [-0.39, 0.29) is 19.5 Å². The quantitative estimate of drug-likeness (QED) is 0.470. The van der Waals surface area contributed by atoms with Crippen molar-refractivity contribution in [3.8, 4) is 0 Å². The molecule has 10 heavy (non-hydrogen) atoms. The first-order valence-corrected chi connectivity index (χ1v) is 3.23. The van der Waals surface area contributed by atoms with Crippen LogP contribution in [0.25, 0.3) is 0 Å². The molecule has 0 heterocycles. The molecule has 0 N–H and O–H groups in total. The summed E-state index contributed by atoms with van der Waals surface area (Å²) in [5.41, 5.74) is 0.768. The summed E-state index contributed by atoms with van der Waals surface area (Å²) in [4.78, 5) is 0. The third kappa shape index (κ3) is 2.16. The maximum absolute atomic E-state index is 5.68. The van der Waals surface area contributed by atoms with Crippen LogP contribution >= 0.6 is 23.2 Å². The SMILES string of the molecule is [CH2-]c1cccc(Cl)c1Cl.[Zn]. The Morgan fingerprint density at radius 1 is 1.20 bits per heavy atom. The number of halogens is 2. The van der Waals surface area contributed by atoms with Crippen molar-refractivity contribution in [1.29, 1.82) is 0 Å². The van der Waals surface area contributed by atoms with E-state index in [1.54, 1.807) is 6.07 Å². The first-order chi connectivity index (χ1) is 4.22. The van der Waals surface area contributed by atoms with Crippen LogP contribution in [0.2, 0.25) is 10.0 Å². The Bertz CT molecular complexity index is 203. The van der Waals surface area contributed by atoms with Crippen molar-refractivity contribution in [2.45, 2.75) is 0 Å². The van der Waals surface area contributed by atoms with Crippen molar-refractivity contribution in [3.63, 3.8) is 0 Å². The van der Waals surface area contributed by atoms with Gasteiger partial charge in [0.25, 0.3) is 0 Å². The maximum Gasteiger partial charge on any atom is 0.00307 e. The molecule has 0 atom stereocenters. The molecule has 1 aromatic rings. The molecule has 0 aliphatic carbocycles. The fourth-order valence-electron chi connectivity index (χ4n) is 0.548. The zero-order chi connectivity index (χ0) is 6.85. The molecule has 50 valence electrons. The Labute approximate surface area is 83.3 Å². The molecule has 0 fully saturated rings. The van der Waals surface area contributed by atoms with Gasteiger partial charge in [0, 0.05) is 24.5 Å². The van der Waals surface area contributed by atoms with Gasteiger partial charge < -0.3 is 0 Å². The van der Waals surface area contributed by atoms with Crippen LogP contribution in [0.1, 0.15) is 5.56 Å². The van der Waals surface area contributed by atoms with Crippen LogP contribution in [-0.4, -0.2) is 0 Å². The second-order valence-corrected chi connectivity index (χ2v) is 2.50. The van der Waals surface area contributed by atoms with E-state index in [0.29, 0.717) is 10.0 Å². The van der Waals surface area contributed by atoms with Gasteiger partial charge in [-0.2, -0.15) is 30.2 Å². The van der Waals surface area contributed by atoms with Gasteiger partial charge in [0.2, 0.25) is 0 Å². The van der Waals surface area contributed by atoms with Crippen LogP contribution in [0.3, 0.4) is 0 Å². The van der Waals surface area contributed by atoms with Gasteiger partial charge in [-0.15, -0.1) is 6.07 Å². The van der Waals surface area contributed by atoms with Gasteiger partial charge in [0.05, 0.1) is 0 Å². The molecule has 0 bridgehead atoms. The Morgan fingerprint density at radius 3 is 2.20 bits per heavy atom. The van der Waals surface area contributed by atoms with Gasteiger partial charge in [-0.3, -0.25) is 0 Å². The van der Waals surface area contributed by atoms with Crippen LogP contribution in [0.5, 0.6) is 0 Å². The van der Waals surface area contributed by atoms with Crippen molar-refractivity contribution in [3.05, 3.63) is 40.7 Å². The largest absolute Gasteiger partial charge is 0.197 e. The van der Waals surface area contributed by atoms with Gasteiger partial charge in [-0.25, -0.2) is 0 Å². The summed E-state index contributed by atoms with van der Waals surface area (Å²) < 4.78 is 0. The summed E-state index contributed by atoms with van der Waals surface area (Å²) in [6, 6.07) is 5.36. The molecule has 0 aliphatic heterocycles. The molecule has 1 rings (SSSR count). The van der Waals surface area contributed by atoms with Gasteiger partial charge in [-0.05, 0) is 5.02 Å². The van der Waals surface area contributed by atoms with E-state index in [9.17, 15) is 0 Å². The number of hydrogen-bond donors (Lipinski definition) is 0. The van der Waals surface area contributed by atoms with Crippen LogP contribution in [-0.2, 0) is 19.5 Å². The molecule has 0 aliphatic rings. The molecule has 1 aromatic carbocycles. The molecule has 0 aromatic heterocycles. The topological polar surface area (TPSA) is 0 Å². The predicted octanol–water partition coefficient (Wildman–Crippen LogP) is 3.17. The summed E-state index contributed by atoms with van der Waals surface area (Å²) >= 11 is 11.3. The fraction of sp³-hybridized carbons (Fsp3) is 0. The summed E-state index contributed by atoms with van der Waals surface area (Å²) in [6.07, 6.45) is 0. The Hall–Kier alpha value is 0.293. The molecule has 0 spiro atoms. The van der Waals surface area contributed by atoms with Crippen molar-refractivity contribution in [1.82, 2.24) is 0 Å². The Balaban J connectivity index is 0.000000810. The zero-order valence-electron chi connectivity index (χ0n) is 5.40. The molecule has 0 nitrogen and oxygen atoms in total. The van der Waals surface area contributed by atoms with Crippen molar-refractivity contribution in [2.75, 3.05) is 0 Å². The molecule has 0 saturated carbocycles. The molecular formula is C7H5Cl2Zn-. The Kier molecular flexibility index (Phi) is 4.35. The van der Waals surface area contributed by atoms with E-state index in [0.717, 1.165) is 5.56 Å². The normalized spacial score (nSPS) is 8.60. The smallest absolute Gasteiger partial charge is 0.00307 e. The summed E-state index contributed by atoms with van der Waals surface area (Å²) in [6.45, 7) is 3.66. The fourth-order valence-corrected chi connectivity index (χ4v) is 0.869. The monoisotopic (exact) mass is 223 g/mol. The van der Waals surface area contributed by atoms with Gasteiger partial charge in [-0.1, -0.05) is 17.7 Å². The molecular weight excluding hydrogens is 220 g/mol. The average Bonchev–Trinajstić information content (AvgIpc) is 1.83. The van der Waals surface area contributed by atoms with E-state index in [2.05, 4.69) is 6.92 Å². The summed E-state index contributed by atoms with van der Waals surface area (Å²) in [5, 5.41) is 1.10. The molecule has 0 unspecified atom stereocenters. The zero-order valence-corrected chi connectivity index (χ0v) is 9.88. The summed E-state index contributed by atoms with van der Waals surface area (Å²) in [5.74, 6) is 0. The first kappa shape index (κ1) is 10.3. The van der Waals surface area contributed by atoms with E-state index < -0.39 is 0 Å². The van der Waals surface area contributed by atoms with Crippen LogP contribution < -0.4 is 0 Å². The number of benzene rings is 1. The second kappa shape index (κ2) is 4.23. The molecule has 0 radical (unpaired) electrons. The molecule has 0 saturated heterocycles. The molecule has 3 heteroatoms. The standard InChI is InChI=1S/C7H5Cl2.Zn/c1-5-3-2-4-6(8)7(5)9;/h2-4H,1H2;/q-1;. The van der Waals surface area contributed by atoms with Crippen molar-refractivity contribution in [2.24, 2.45) is 0 Å². The number of rotatable bonds is 0. The van der Waals surface area contributed by atoms with Crippen LogP contribution in [0.15, 0.2) is 18.2 Å². The second-order valence-electron chi connectivity index (χ2n) is 1.71. The van der Waals surface area contributed by atoms with Gasteiger partial charge >= 0.3 is 0 Å². The van der Waals surface area contributed by atoms with Crippen LogP contribution in [0.4, 0.5) is 0 Å². The Morgan fingerprint density at radius 2 is 1.80 bits per heavy atom. The summed E-state index contributed by atoms with van der Waals surface area (Å²) in [7, 11) is 0. The van der Waals surface area contributed by atoms with Crippen molar-refractivity contribution < 1.29 is 19.5 Å². The minimum atomic E-state index is 0. The van der Waals surface area contributed by atoms with Gasteiger partial charge in [0.1, 0.15) is 0 Å². The van der Waals surface area contributed by atoms with E-state index in [1.807, 2.05) is 12.1 Å². The van der Waals surface area contributed by atoms with Crippen molar-refractivity contribution >= 4 is 23.2 Å². The van der Waals surface area contributed by atoms with E-state index in [1.165, 1.54) is 0 Å². The average molecular weight is 225 g/mol. The minimum absolute atomic E-state index is 0. The van der Waals surface area contributed by atoms with Crippen LogP contribution in [0, 0.1) is 6.92 Å². The van der Waals surface area contributed by atoms with E-state index in [4.69, 9.17) is 23.2 Å². The van der Waals surface area contributed by atoms with Gasteiger partial charge in [0.15, 0.2) is 0 Å². The minimum Gasteiger partial charge on any atom is -0.197 e. The maximum atomic E-state index is 5.68. The number of hydrogen-bond acceptors (Lipinski definition) is 0. The van der Waals surface area contributed by atoms with E-state index >= 15 is 0 Å².